The SMILES string of the molecule is FC1C[C@@H](c2ccc3ccccc3c2)O[C@@H](c2ccc3ccccc3c2)C1. The first-order chi connectivity index (χ1) is 13.3. The predicted octanol–water partition coefficient (Wildman–Crippen LogP) is 6.92. The lowest BCUT2D eigenvalue weighted by atomic mass is 9.92. The molecule has 0 aromatic heterocycles. The van der Waals surface area contributed by atoms with Gasteiger partial charge in [-0.2, -0.15) is 0 Å². The zero-order chi connectivity index (χ0) is 18.2. The van der Waals surface area contributed by atoms with Crippen molar-refractivity contribution in [3.8, 4) is 0 Å². The van der Waals surface area contributed by atoms with Crippen molar-refractivity contribution in [2.75, 3.05) is 0 Å². The second-order valence-electron chi connectivity index (χ2n) is 7.40. The fourth-order valence-electron chi connectivity index (χ4n) is 4.12. The minimum absolute atomic E-state index is 0.213. The monoisotopic (exact) mass is 356 g/mol. The van der Waals surface area contributed by atoms with Gasteiger partial charge in [-0.3, -0.25) is 0 Å². The molecular formula is C25H21FO. The number of halogens is 1. The average molecular weight is 356 g/mol. The molecule has 5 rings (SSSR count). The van der Waals surface area contributed by atoms with Crippen molar-refractivity contribution in [2.45, 2.75) is 31.2 Å². The Morgan fingerprint density at radius 1 is 0.593 bits per heavy atom. The van der Waals surface area contributed by atoms with Gasteiger partial charge < -0.3 is 4.74 Å². The Balaban J connectivity index is 1.47. The Kier molecular flexibility index (Phi) is 4.14. The van der Waals surface area contributed by atoms with Crippen molar-refractivity contribution in [1.82, 2.24) is 0 Å². The van der Waals surface area contributed by atoms with Crippen LogP contribution in [-0.2, 0) is 4.74 Å². The van der Waals surface area contributed by atoms with Crippen LogP contribution < -0.4 is 0 Å². The van der Waals surface area contributed by atoms with Gasteiger partial charge in [0.2, 0.25) is 0 Å². The van der Waals surface area contributed by atoms with Crippen LogP contribution in [0.5, 0.6) is 0 Å². The van der Waals surface area contributed by atoms with E-state index >= 15 is 0 Å². The quantitative estimate of drug-likeness (QED) is 0.378. The zero-order valence-electron chi connectivity index (χ0n) is 15.0. The van der Waals surface area contributed by atoms with E-state index in [1.807, 2.05) is 24.3 Å². The number of ether oxygens (including phenoxy) is 1. The van der Waals surface area contributed by atoms with Gasteiger partial charge >= 0.3 is 0 Å². The van der Waals surface area contributed by atoms with Crippen molar-refractivity contribution >= 4 is 21.5 Å². The summed E-state index contributed by atoms with van der Waals surface area (Å²) < 4.78 is 21.0. The summed E-state index contributed by atoms with van der Waals surface area (Å²) >= 11 is 0. The fourth-order valence-corrected chi connectivity index (χ4v) is 4.12. The minimum atomic E-state index is -0.855. The summed E-state index contributed by atoms with van der Waals surface area (Å²) in [5, 5.41) is 4.73. The molecule has 27 heavy (non-hydrogen) atoms. The second kappa shape index (κ2) is 6.79. The largest absolute Gasteiger partial charge is 0.365 e. The van der Waals surface area contributed by atoms with Gasteiger partial charge in [0, 0.05) is 12.8 Å². The highest BCUT2D eigenvalue weighted by Crippen LogP contribution is 2.41. The lowest BCUT2D eigenvalue weighted by Gasteiger charge is -2.33. The highest BCUT2D eigenvalue weighted by molar-refractivity contribution is 5.83. The molecule has 0 saturated carbocycles. The molecule has 1 saturated heterocycles. The third kappa shape index (κ3) is 3.22. The van der Waals surface area contributed by atoms with Gasteiger partial charge in [-0.05, 0) is 44.8 Å². The number of hydrogen-bond acceptors (Lipinski definition) is 1. The molecule has 4 aromatic rings. The second-order valence-corrected chi connectivity index (χ2v) is 7.40. The van der Waals surface area contributed by atoms with Gasteiger partial charge in [0.25, 0.3) is 0 Å². The molecule has 1 aliphatic rings. The summed E-state index contributed by atoms with van der Waals surface area (Å²) in [5.41, 5.74) is 2.11. The molecule has 1 heterocycles. The third-order valence-corrected chi connectivity index (χ3v) is 5.56. The van der Waals surface area contributed by atoms with Crippen LogP contribution in [0.2, 0.25) is 0 Å². The molecule has 1 unspecified atom stereocenters. The smallest absolute Gasteiger partial charge is 0.106 e. The summed E-state index contributed by atoms with van der Waals surface area (Å²) in [7, 11) is 0. The van der Waals surface area contributed by atoms with E-state index in [0.29, 0.717) is 12.8 Å². The van der Waals surface area contributed by atoms with E-state index in [4.69, 9.17) is 4.74 Å². The summed E-state index contributed by atoms with van der Waals surface area (Å²) in [6, 6.07) is 29.1. The normalized spacial score (nSPS) is 22.9. The molecule has 1 aliphatic heterocycles. The fraction of sp³-hybridized carbons (Fsp3) is 0.200. The van der Waals surface area contributed by atoms with E-state index in [1.165, 1.54) is 21.5 Å². The summed E-state index contributed by atoms with van der Waals surface area (Å²) in [5.74, 6) is 0. The van der Waals surface area contributed by atoms with Gasteiger partial charge in [-0.25, -0.2) is 4.39 Å². The van der Waals surface area contributed by atoms with Crippen LogP contribution in [0.25, 0.3) is 21.5 Å². The average Bonchev–Trinajstić information content (AvgIpc) is 2.72. The van der Waals surface area contributed by atoms with Crippen molar-refractivity contribution in [3.05, 3.63) is 96.1 Å². The molecular weight excluding hydrogens is 335 g/mol. The maximum atomic E-state index is 14.6. The van der Waals surface area contributed by atoms with Gasteiger partial charge in [0.15, 0.2) is 0 Å². The zero-order valence-corrected chi connectivity index (χ0v) is 15.0. The van der Waals surface area contributed by atoms with Crippen LogP contribution in [0.1, 0.15) is 36.2 Å². The standard InChI is InChI=1S/C25H21FO/c26-23-15-24(21-11-9-17-5-1-3-7-19(17)13-21)27-25(16-23)22-12-10-18-6-2-4-8-20(18)14-22/h1-14,23-25H,15-16H2/t23?,24-,25+. The number of hydrogen-bond donors (Lipinski definition) is 0. The summed E-state index contributed by atoms with van der Waals surface area (Å²) in [4.78, 5) is 0. The number of benzene rings is 4. The molecule has 1 nitrogen and oxygen atoms in total. The number of rotatable bonds is 2. The number of alkyl halides is 1. The van der Waals surface area contributed by atoms with Crippen LogP contribution in [0.4, 0.5) is 4.39 Å². The molecule has 0 aliphatic carbocycles. The molecule has 134 valence electrons. The molecule has 0 N–H and O–H groups in total. The highest BCUT2D eigenvalue weighted by atomic mass is 19.1. The van der Waals surface area contributed by atoms with Crippen molar-refractivity contribution < 1.29 is 9.13 Å². The first kappa shape index (κ1) is 16.5. The van der Waals surface area contributed by atoms with E-state index in [9.17, 15) is 4.39 Å². The van der Waals surface area contributed by atoms with Gasteiger partial charge in [0.1, 0.15) is 6.17 Å². The Morgan fingerprint density at radius 3 is 1.52 bits per heavy atom. The van der Waals surface area contributed by atoms with E-state index in [0.717, 1.165) is 11.1 Å². The maximum absolute atomic E-state index is 14.6. The first-order valence-electron chi connectivity index (χ1n) is 9.53. The van der Waals surface area contributed by atoms with Gasteiger partial charge in [-0.1, -0.05) is 72.8 Å². The van der Waals surface area contributed by atoms with Crippen LogP contribution in [-0.4, -0.2) is 6.17 Å². The molecule has 4 aromatic carbocycles. The minimum Gasteiger partial charge on any atom is -0.365 e. The van der Waals surface area contributed by atoms with Crippen molar-refractivity contribution in [2.24, 2.45) is 0 Å². The number of fused-ring (bicyclic) bond motifs is 2. The van der Waals surface area contributed by atoms with Gasteiger partial charge in [-0.15, -0.1) is 0 Å². The predicted molar refractivity (Wildman–Crippen MR) is 109 cm³/mol. The Morgan fingerprint density at radius 2 is 1.04 bits per heavy atom. The highest BCUT2D eigenvalue weighted by Gasteiger charge is 2.31. The van der Waals surface area contributed by atoms with Crippen LogP contribution in [0, 0.1) is 0 Å². The summed E-state index contributed by atoms with van der Waals surface area (Å²) in [6.07, 6.45) is -0.443. The van der Waals surface area contributed by atoms with E-state index < -0.39 is 6.17 Å². The van der Waals surface area contributed by atoms with Gasteiger partial charge in [0.05, 0.1) is 12.2 Å². The summed E-state index contributed by atoms with van der Waals surface area (Å²) in [6.45, 7) is 0. The third-order valence-electron chi connectivity index (χ3n) is 5.56. The molecule has 1 fully saturated rings. The topological polar surface area (TPSA) is 9.23 Å². The van der Waals surface area contributed by atoms with E-state index in [2.05, 4.69) is 60.7 Å². The Hall–Kier alpha value is -2.71. The molecule has 0 spiro atoms. The molecule has 0 bridgehead atoms. The van der Waals surface area contributed by atoms with Crippen LogP contribution in [0.3, 0.4) is 0 Å². The molecule has 3 atom stereocenters. The van der Waals surface area contributed by atoms with E-state index in [-0.39, 0.29) is 12.2 Å². The Bertz CT molecular complexity index is 1020. The molecule has 0 amide bonds. The maximum Gasteiger partial charge on any atom is 0.106 e. The van der Waals surface area contributed by atoms with Crippen molar-refractivity contribution in [1.29, 1.82) is 0 Å². The Labute approximate surface area is 158 Å². The lowest BCUT2D eigenvalue weighted by Crippen LogP contribution is -2.24. The van der Waals surface area contributed by atoms with Crippen LogP contribution >= 0.6 is 0 Å². The van der Waals surface area contributed by atoms with Crippen LogP contribution in [0.15, 0.2) is 84.9 Å². The molecule has 2 heteroatoms. The molecule has 0 radical (unpaired) electrons. The first-order valence-corrected chi connectivity index (χ1v) is 9.53. The van der Waals surface area contributed by atoms with E-state index in [1.54, 1.807) is 0 Å². The van der Waals surface area contributed by atoms with Crippen molar-refractivity contribution in [3.63, 3.8) is 0 Å². The lowest BCUT2D eigenvalue weighted by molar-refractivity contribution is -0.0810.